The highest BCUT2D eigenvalue weighted by atomic mass is 32.2. The summed E-state index contributed by atoms with van der Waals surface area (Å²) < 4.78 is 0. The topological polar surface area (TPSA) is 49.3 Å². The van der Waals surface area contributed by atoms with Crippen molar-refractivity contribution in [2.24, 2.45) is 5.92 Å². The van der Waals surface area contributed by atoms with Crippen molar-refractivity contribution in [1.82, 2.24) is 5.32 Å². The molecule has 1 aliphatic rings. The molecular weight excluding hydrogens is 246 g/mol. The zero-order valence-corrected chi connectivity index (χ0v) is 12.5. The lowest BCUT2D eigenvalue weighted by Crippen LogP contribution is -2.45. The first kappa shape index (κ1) is 15.8. The molecule has 0 atom stereocenters. The van der Waals surface area contributed by atoms with Gasteiger partial charge < -0.3 is 10.4 Å². The fourth-order valence-electron chi connectivity index (χ4n) is 2.20. The highest BCUT2D eigenvalue weighted by Gasteiger charge is 2.31. The van der Waals surface area contributed by atoms with E-state index in [1.165, 1.54) is 12.8 Å². The van der Waals surface area contributed by atoms with Crippen LogP contribution < -0.4 is 5.32 Å². The highest BCUT2D eigenvalue weighted by molar-refractivity contribution is 7.99. The summed E-state index contributed by atoms with van der Waals surface area (Å²) in [7, 11) is 0. The molecule has 0 bridgehead atoms. The summed E-state index contributed by atoms with van der Waals surface area (Å²) in [5.41, 5.74) is -0.656. The van der Waals surface area contributed by atoms with E-state index in [1.807, 2.05) is 0 Å². The number of rotatable bonds is 7. The van der Waals surface area contributed by atoms with Crippen LogP contribution >= 0.6 is 11.8 Å². The second-order valence-electron chi connectivity index (χ2n) is 5.59. The summed E-state index contributed by atoms with van der Waals surface area (Å²) in [5.74, 6) is 2.34. The molecule has 2 N–H and O–H groups in total. The number of nitrogens with one attached hydrogen (secondary N) is 1. The molecule has 0 aromatic rings. The number of amides is 1. The van der Waals surface area contributed by atoms with Crippen molar-refractivity contribution in [3.63, 3.8) is 0 Å². The summed E-state index contributed by atoms with van der Waals surface area (Å²) in [4.78, 5) is 11.6. The number of unbranched alkanes of at least 4 members (excludes halogenated alkanes) is 1. The number of carbonyl (C=O) groups excluding carboxylic acids is 1. The molecule has 1 aliphatic carbocycles. The van der Waals surface area contributed by atoms with Crippen LogP contribution in [0.25, 0.3) is 0 Å². The minimum Gasteiger partial charge on any atom is -0.388 e. The third-order valence-electron chi connectivity index (χ3n) is 3.69. The molecule has 0 saturated heterocycles. The predicted molar refractivity (Wildman–Crippen MR) is 77.8 cm³/mol. The molecule has 3 nitrogen and oxygen atoms in total. The van der Waals surface area contributed by atoms with Crippen molar-refractivity contribution in [3.8, 4) is 0 Å². The van der Waals surface area contributed by atoms with Gasteiger partial charge in [-0.2, -0.15) is 11.8 Å². The first-order valence-electron chi connectivity index (χ1n) is 7.12. The van der Waals surface area contributed by atoms with Gasteiger partial charge in [0.15, 0.2) is 0 Å². The van der Waals surface area contributed by atoms with Crippen LogP contribution in [-0.4, -0.2) is 34.7 Å². The fraction of sp³-hybridized carbons (Fsp3) is 0.929. The van der Waals surface area contributed by atoms with E-state index < -0.39 is 5.60 Å². The van der Waals surface area contributed by atoms with Gasteiger partial charge in [0.1, 0.15) is 0 Å². The maximum Gasteiger partial charge on any atom is 0.230 e. The molecular formula is C14H27NO2S. The monoisotopic (exact) mass is 273 g/mol. The Morgan fingerprint density at radius 1 is 1.44 bits per heavy atom. The van der Waals surface area contributed by atoms with Gasteiger partial charge in [0.05, 0.1) is 11.4 Å². The van der Waals surface area contributed by atoms with Crippen LogP contribution in [0.1, 0.15) is 52.4 Å². The van der Waals surface area contributed by atoms with Gasteiger partial charge in [-0.15, -0.1) is 0 Å². The van der Waals surface area contributed by atoms with Crippen molar-refractivity contribution in [2.75, 3.05) is 18.1 Å². The summed E-state index contributed by atoms with van der Waals surface area (Å²) in [5, 5.41) is 13.2. The van der Waals surface area contributed by atoms with E-state index in [0.29, 0.717) is 18.2 Å². The SMILES string of the molecule is CCCCSCC(=O)NCC1(O)CCC(C)CC1. The molecule has 106 valence electrons. The Balaban J connectivity index is 2.13. The maximum absolute atomic E-state index is 11.6. The minimum absolute atomic E-state index is 0.0585. The molecule has 0 unspecified atom stereocenters. The van der Waals surface area contributed by atoms with Gasteiger partial charge in [0, 0.05) is 6.54 Å². The van der Waals surface area contributed by atoms with Crippen LogP contribution in [0.15, 0.2) is 0 Å². The normalized spacial score (nSPS) is 28.1. The zero-order chi connectivity index (χ0) is 13.4. The molecule has 0 aliphatic heterocycles. The number of thioether (sulfide) groups is 1. The first-order valence-corrected chi connectivity index (χ1v) is 8.28. The molecule has 1 rings (SSSR count). The lowest BCUT2D eigenvalue weighted by molar-refractivity contribution is -0.120. The zero-order valence-electron chi connectivity index (χ0n) is 11.7. The van der Waals surface area contributed by atoms with Gasteiger partial charge in [-0.3, -0.25) is 4.79 Å². The lowest BCUT2D eigenvalue weighted by atomic mass is 9.79. The Bertz CT molecular complexity index is 250. The lowest BCUT2D eigenvalue weighted by Gasteiger charge is -2.34. The van der Waals surface area contributed by atoms with Crippen molar-refractivity contribution in [1.29, 1.82) is 0 Å². The smallest absolute Gasteiger partial charge is 0.230 e. The Hall–Kier alpha value is -0.220. The van der Waals surface area contributed by atoms with E-state index in [2.05, 4.69) is 19.2 Å². The quantitative estimate of drug-likeness (QED) is 0.701. The van der Waals surface area contributed by atoms with E-state index in [0.717, 1.165) is 31.4 Å². The number of aliphatic hydroxyl groups is 1. The van der Waals surface area contributed by atoms with Crippen LogP contribution in [-0.2, 0) is 4.79 Å². The first-order chi connectivity index (χ1) is 8.56. The third kappa shape index (κ3) is 6.10. The third-order valence-corrected chi connectivity index (χ3v) is 4.74. The molecule has 4 heteroatoms. The Kier molecular flexibility index (Phi) is 7.08. The summed E-state index contributed by atoms with van der Waals surface area (Å²) in [6, 6.07) is 0. The van der Waals surface area contributed by atoms with E-state index in [1.54, 1.807) is 11.8 Å². The van der Waals surface area contributed by atoms with Crippen molar-refractivity contribution in [2.45, 2.75) is 58.0 Å². The van der Waals surface area contributed by atoms with E-state index in [9.17, 15) is 9.90 Å². The molecule has 0 radical (unpaired) electrons. The van der Waals surface area contributed by atoms with E-state index >= 15 is 0 Å². The van der Waals surface area contributed by atoms with Gasteiger partial charge in [0.2, 0.25) is 5.91 Å². The van der Waals surface area contributed by atoms with Crippen molar-refractivity contribution >= 4 is 17.7 Å². The molecule has 18 heavy (non-hydrogen) atoms. The van der Waals surface area contributed by atoms with Crippen molar-refractivity contribution < 1.29 is 9.90 Å². The molecule has 0 spiro atoms. The number of hydrogen-bond acceptors (Lipinski definition) is 3. The molecule has 1 saturated carbocycles. The minimum atomic E-state index is -0.656. The molecule has 0 aromatic carbocycles. The largest absolute Gasteiger partial charge is 0.388 e. The maximum atomic E-state index is 11.6. The van der Waals surface area contributed by atoms with Gasteiger partial charge in [0.25, 0.3) is 0 Å². The van der Waals surface area contributed by atoms with Crippen LogP contribution in [0.2, 0.25) is 0 Å². The number of carbonyl (C=O) groups is 1. The summed E-state index contributed by atoms with van der Waals surface area (Å²) >= 11 is 1.68. The fourth-order valence-corrected chi connectivity index (χ4v) is 3.13. The number of hydrogen-bond donors (Lipinski definition) is 2. The molecule has 0 heterocycles. The second kappa shape index (κ2) is 8.05. The van der Waals surface area contributed by atoms with Crippen molar-refractivity contribution in [3.05, 3.63) is 0 Å². The van der Waals surface area contributed by atoms with Crippen LogP contribution in [0.5, 0.6) is 0 Å². The van der Waals surface area contributed by atoms with Gasteiger partial charge in [-0.05, 0) is 43.8 Å². The highest BCUT2D eigenvalue weighted by Crippen LogP contribution is 2.31. The Morgan fingerprint density at radius 3 is 2.72 bits per heavy atom. The summed E-state index contributed by atoms with van der Waals surface area (Å²) in [6.45, 7) is 4.80. The Morgan fingerprint density at radius 2 is 2.11 bits per heavy atom. The van der Waals surface area contributed by atoms with Crippen LogP contribution in [0, 0.1) is 5.92 Å². The average Bonchev–Trinajstić information content (AvgIpc) is 2.36. The summed E-state index contributed by atoms with van der Waals surface area (Å²) in [6.07, 6.45) is 6.11. The van der Waals surface area contributed by atoms with E-state index in [4.69, 9.17) is 0 Å². The molecule has 0 aromatic heterocycles. The second-order valence-corrected chi connectivity index (χ2v) is 6.69. The standard InChI is InChI=1S/C14H27NO2S/c1-3-4-9-18-10-13(16)15-11-14(17)7-5-12(2)6-8-14/h12,17H,3-11H2,1-2H3,(H,15,16). The van der Waals surface area contributed by atoms with Gasteiger partial charge in [-0.1, -0.05) is 20.3 Å². The van der Waals surface area contributed by atoms with Crippen LogP contribution in [0.4, 0.5) is 0 Å². The van der Waals surface area contributed by atoms with Gasteiger partial charge >= 0.3 is 0 Å². The predicted octanol–water partition coefficient (Wildman–Crippen LogP) is 2.58. The van der Waals surface area contributed by atoms with E-state index in [-0.39, 0.29) is 5.91 Å². The molecule has 1 amide bonds. The van der Waals surface area contributed by atoms with Gasteiger partial charge in [-0.25, -0.2) is 0 Å². The van der Waals surface area contributed by atoms with Crippen LogP contribution in [0.3, 0.4) is 0 Å². The average molecular weight is 273 g/mol. The Labute approximate surface area is 115 Å². The molecule has 1 fully saturated rings.